The molecule has 1 aromatic carbocycles. The van der Waals surface area contributed by atoms with Crippen molar-refractivity contribution in [3.05, 3.63) is 41.2 Å². The number of fused-ring (bicyclic) bond motifs is 1. The van der Waals surface area contributed by atoms with E-state index in [1.807, 2.05) is 24.3 Å². The number of hydrogen-bond donors (Lipinski definition) is 0. The number of thiophene rings is 1. The van der Waals surface area contributed by atoms with E-state index in [1.54, 1.807) is 6.92 Å². The van der Waals surface area contributed by atoms with Gasteiger partial charge < -0.3 is 4.74 Å². The van der Waals surface area contributed by atoms with E-state index in [0.29, 0.717) is 17.2 Å². The molecule has 80 valence electrons. The molecule has 2 aromatic rings. The fourth-order valence-electron chi connectivity index (χ4n) is 1.51. The minimum Gasteiger partial charge on any atom is -0.463 e. The maximum absolute atomic E-state index is 11.7. The largest absolute Gasteiger partial charge is 0.463 e. The second-order valence-corrected chi connectivity index (χ2v) is 4.14. The Morgan fingerprint density at radius 1 is 1.50 bits per heavy atom. The first-order valence-electron chi connectivity index (χ1n) is 4.84. The monoisotopic (exact) mass is 231 g/mol. The third-order valence-electron chi connectivity index (χ3n) is 2.16. The first-order chi connectivity index (χ1) is 7.77. The highest BCUT2D eigenvalue weighted by atomic mass is 32.1. The molecule has 0 atom stereocenters. The van der Waals surface area contributed by atoms with Crippen molar-refractivity contribution >= 4 is 32.4 Å². The van der Waals surface area contributed by atoms with Crippen LogP contribution in [-0.2, 0) is 4.74 Å². The lowest BCUT2D eigenvalue weighted by molar-refractivity contribution is 0.0530. The molecule has 0 unspecified atom stereocenters. The molecule has 2 rings (SSSR count). The van der Waals surface area contributed by atoms with Crippen molar-refractivity contribution in [1.82, 2.24) is 0 Å². The summed E-state index contributed by atoms with van der Waals surface area (Å²) in [7, 11) is 0. The Morgan fingerprint density at radius 2 is 2.25 bits per heavy atom. The van der Waals surface area contributed by atoms with Crippen LogP contribution in [0.1, 0.15) is 17.3 Å². The van der Waals surface area contributed by atoms with E-state index in [-0.39, 0.29) is 0 Å². The summed E-state index contributed by atoms with van der Waals surface area (Å²) >= 11 is 1.32. The van der Waals surface area contributed by atoms with Crippen molar-refractivity contribution < 1.29 is 9.53 Å². The van der Waals surface area contributed by atoms with E-state index < -0.39 is 5.97 Å². The number of ether oxygens (including phenoxy) is 1. The molecule has 16 heavy (non-hydrogen) atoms. The average Bonchev–Trinajstić information content (AvgIpc) is 2.67. The van der Waals surface area contributed by atoms with Crippen molar-refractivity contribution in [1.29, 1.82) is 0 Å². The maximum Gasteiger partial charge on any atom is 0.329 e. The van der Waals surface area contributed by atoms with Gasteiger partial charge in [-0.2, -0.15) is 11.3 Å². The van der Waals surface area contributed by atoms with Gasteiger partial charge >= 0.3 is 5.97 Å². The number of carbonyl (C=O) groups is 1. The fourth-order valence-corrected chi connectivity index (χ4v) is 2.49. The van der Waals surface area contributed by atoms with Crippen LogP contribution in [0.5, 0.6) is 0 Å². The summed E-state index contributed by atoms with van der Waals surface area (Å²) in [4.78, 5) is 15.1. The van der Waals surface area contributed by atoms with Crippen LogP contribution in [-0.4, -0.2) is 12.6 Å². The summed E-state index contributed by atoms with van der Waals surface area (Å²) in [5, 5.41) is 1.21. The predicted molar refractivity (Wildman–Crippen MR) is 64.0 cm³/mol. The van der Waals surface area contributed by atoms with Crippen LogP contribution < -0.4 is 0 Å². The van der Waals surface area contributed by atoms with Gasteiger partial charge in [0.25, 0.3) is 5.00 Å². The molecule has 0 bridgehead atoms. The number of carbonyl (C=O) groups excluding carboxylic acids is 1. The van der Waals surface area contributed by atoms with Crippen molar-refractivity contribution in [3.8, 4) is 0 Å². The zero-order valence-corrected chi connectivity index (χ0v) is 9.50. The lowest BCUT2D eigenvalue weighted by atomic mass is 10.1. The Labute approximate surface area is 97.1 Å². The van der Waals surface area contributed by atoms with Gasteiger partial charge in [-0.15, -0.1) is 0 Å². The van der Waals surface area contributed by atoms with Crippen molar-refractivity contribution in [2.75, 3.05) is 6.61 Å². The molecule has 4 heteroatoms. The molecule has 0 N–H and O–H groups in total. The normalized spacial score (nSPS) is 10.0. The molecule has 0 aliphatic rings. The molecule has 3 nitrogen and oxygen atoms in total. The van der Waals surface area contributed by atoms with E-state index in [0.717, 1.165) is 10.1 Å². The van der Waals surface area contributed by atoms with Crippen LogP contribution in [0.15, 0.2) is 24.3 Å². The molecule has 0 amide bonds. The zero-order chi connectivity index (χ0) is 11.5. The molecule has 0 aliphatic carbocycles. The molecule has 0 spiro atoms. The van der Waals surface area contributed by atoms with Gasteiger partial charge in [-0.05, 0) is 18.4 Å². The van der Waals surface area contributed by atoms with Gasteiger partial charge in [0.05, 0.1) is 18.7 Å². The first kappa shape index (κ1) is 10.7. The topological polar surface area (TPSA) is 30.7 Å². The van der Waals surface area contributed by atoms with Gasteiger partial charge in [-0.25, -0.2) is 9.64 Å². The van der Waals surface area contributed by atoms with Gasteiger partial charge in [0.2, 0.25) is 0 Å². The zero-order valence-electron chi connectivity index (χ0n) is 8.69. The second-order valence-electron chi connectivity index (χ2n) is 3.11. The quantitative estimate of drug-likeness (QED) is 0.583. The highest BCUT2D eigenvalue weighted by Gasteiger charge is 2.19. The third-order valence-corrected chi connectivity index (χ3v) is 3.22. The van der Waals surface area contributed by atoms with Gasteiger partial charge in [-0.3, -0.25) is 0 Å². The van der Waals surface area contributed by atoms with Crippen LogP contribution in [0.4, 0.5) is 5.00 Å². The smallest absolute Gasteiger partial charge is 0.329 e. The minimum absolute atomic E-state index is 0.320. The Morgan fingerprint density at radius 3 is 2.94 bits per heavy atom. The van der Waals surface area contributed by atoms with Crippen LogP contribution >= 0.6 is 11.3 Å². The summed E-state index contributed by atoms with van der Waals surface area (Å²) in [6.07, 6.45) is 0. The van der Waals surface area contributed by atoms with Crippen molar-refractivity contribution in [3.63, 3.8) is 0 Å². The Kier molecular flexibility index (Phi) is 2.88. The van der Waals surface area contributed by atoms with Gasteiger partial charge in [0.15, 0.2) is 0 Å². The molecule has 0 aliphatic heterocycles. The molecule has 0 saturated carbocycles. The van der Waals surface area contributed by atoms with Gasteiger partial charge in [0, 0.05) is 4.70 Å². The molecule has 0 saturated heterocycles. The summed E-state index contributed by atoms with van der Waals surface area (Å²) in [6, 6.07) is 7.48. The SMILES string of the molecule is [C-]#[N+]c1sc2ccccc2c1C(=O)OCC. The predicted octanol–water partition coefficient (Wildman–Crippen LogP) is 3.63. The summed E-state index contributed by atoms with van der Waals surface area (Å²) in [5.41, 5.74) is 0.400. The van der Waals surface area contributed by atoms with Crippen molar-refractivity contribution in [2.24, 2.45) is 0 Å². The fraction of sp³-hybridized carbons (Fsp3) is 0.167. The van der Waals surface area contributed by atoms with Crippen LogP contribution in [0.3, 0.4) is 0 Å². The first-order valence-corrected chi connectivity index (χ1v) is 5.65. The molecule has 1 aromatic heterocycles. The Bertz CT molecular complexity index is 580. The molecule has 0 radical (unpaired) electrons. The molecular formula is C12H9NO2S. The van der Waals surface area contributed by atoms with E-state index in [9.17, 15) is 4.79 Å². The van der Waals surface area contributed by atoms with Crippen molar-refractivity contribution in [2.45, 2.75) is 6.92 Å². The molecular weight excluding hydrogens is 222 g/mol. The second kappa shape index (κ2) is 4.33. The highest BCUT2D eigenvalue weighted by molar-refractivity contribution is 7.23. The molecule has 1 heterocycles. The Balaban J connectivity index is 2.66. The van der Waals surface area contributed by atoms with E-state index >= 15 is 0 Å². The number of esters is 1. The van der Waals surface area contributed by atoms with E-state index in [2.05, 4.69) is 4.85 Å². The number of rotatable bonds is 2. The Hall–Kier alpha value is -1.86. The van der Waals surface area contributed by atoms with Crippen LogP contribution in [0, 0.1) is 6.57 Å². The maximum atomic E-state index is 11.7. The lowest BCUT2D eigenvalue weighted by Crippen LogP contribution is -2.03. The molecule has 0 fully saturated rings. The van der Waals surface area contributed by atoms with E-state index in [1.165, 1.54) is 11.3 Å². The summed E-state index contributed by atoms with van der Waals surface area (Å²) in [5.74, 6) is -0.411. The average molecular weight is 231 g/mol. The number of benzene rings is 1. The lowest BCUT2D eigenvalue weighted by Gasteiger charge is -2.00. The van der Waals surface area contributed by atoms with Gasteiger partial charge in [0.1, 0.15) is 0 Å². The van der Waals surface area contributed by atoms with Crippen LogP contribution in [0.25, 0.3) is 14.9 Å². The standard InChI is InChI=1S/C12H9NO2S/c1-3-15-12(14)10-8-6-4-5-7-9(8)16-11(10)13-2/h4-7H,3H2,1H3. The van der Waals surface area contributed by atoms with E-state index in [4.69, 9.17) is 11.3 Å². The summed E-state index contributed by atoms with van der Waals surface area (Å²) < 4.78 is 5.90. The number of hydrogen-bond acceptors (Lipinski definition) is 3. The van der Waals surface area contributed by atoms with Crippen LogP contribution in [0.2, 0.25) is 0 Å². The highest BCUT2D eigenvalue weighted by Crippen LogP contribution is 2.37. The van der Waals surface area contributed by atoms with Gasteiger partial charge in [-0.1, -0.05) is 18.2 Å². The summed E-state index contributed by atoms with van der Waals surface area (Å²) in [6.45, 7) is 9.14. The number of nitrogens with zero attached hydrogens (tertiary/aromatic N) is 1. The third kappa shape index (κ3) is 1.66. The minimum atomic E-state index is -0.411.